The highest BCUT2D eigenvalue weighted by molar-refractivity contribution is 8.16. The lowest BCUT2D eigenvalue weighted by molar-refractivity contribution is 0.100. The second-order valence-electron chi connectivity index (χ2n) is 3.66. The number of nitrogens with zero attached hydrogens (tertiary/aromatic N) is 1. The van der Waals surface area contributed by atoms with Crippen molar-refractivity contribution < 1.29 is 9.90 Å². The summed E-state index contributed by atoms with van der Waals surface area (Å²) in [7, 11) is 0. The molecule has 1 rings (SSSR count). The number of amides is 1. The van der Waals surface area contributed by atoms with Crippen LogP contribution in [-0.2, 0) is 0 Å². The van der Waals surface area contributed by atoms with Crippen LogP contribution in [0.4, 0.5) is 5.69 Å². The average molecular weight is 311 g/mol. The van der Waals surface area contributed by atoms with Gasteiger partial charge in [0.25, 0.3) is 5.91 Å². The van der Waals surface area contributed by atoms with Crippen molar-refractivity contribution in [2.24, 2.45) is 10.7 Å². The van der Waals surface area contributed by atoms with Crippen LogP contribution in [0.1, 0.15) is 17.3 Å². The molecule has 0 atom stereocenters. The van der Waals surface area contributed by atoms with Crippen LogP contribution in [-0.4, -0.2) is 28.5 Å². The van der Waals surface area contributed by atoms with Crippen molar-refractivity contribution in [3.05, 3.63) is 35.2 Å². The molecule has 5 N–H and O–H groups in total. The molecule has 0 saturated heterocycles. The Bertz CT molecular complexity index is 530. The molecule has 0 saturated carbocycles. The first-order valence-corrected chi connectivity index (χ1v) is 7.74. The summed E-state index contributed by atoms with van der Waals surface area (Å²) in [6.07, 6.45) is 1.80. The zero-order valence-electron chi connectivity index (χ0n) is 11.1. The Kier molecular flexibility index (Phi) is 7.21. The molecule has 0 heterocycles. The Balaban J connectivity index is 2.91. The molecule has 0 aromatic heterocycles. The zero-order chi connectivity index (χ0) is 15.0. The first kappa shape index (κ1) is 16.6. The lowest BCUT2D eigenvalue weighted by Gasteiger charge is -2.05. The average Bonchev–Trinajstić information content (AvgIpc) is 2.44. The van der Waals surface area contributed by atoms with E-state index in [1.54, 1.807) is 29.7 Å². The van der Waals surface area contributed by atoms with Gasteiger partial charge in [-0.15, -0.1) is 11.8 Å². The van der Waals surface area contributed by atoms with Gasteiger partial charge in [0, 0.05) is 16.3 Å². The van der Waals surface area contributed by atoms with Gasteiger partial charge in [-0.2, -0.15) is 4.99 Å². The van der Waals surface area contributed by atoms with Gasteiger partial charge in [0.1, 0.15) is 0 Å². The van der Waals surface area contributed by atoms with E-state index in [0.717, 1.165) is 4.90 Å². The number of carbonyl (C=O) groups is 1. The van der Waals surface area contributed by atoms with Gasteiger partial charge in [-0.3, -0.25) is 4.79 Å². The summed E-state index contributed by atoms with van der Waals surface area (Å²) in [5.41, 5.74) is 12.1. The number of carbonyl (C=O) groups excluding carboxylic acids is 1. The molecule has 20 heavy (non-hydrogen) atoms. The predicted octanol–water partition coefficient (Wildman–Crippen LogP) is 2.07. The Labute approximate surface area is 126 Å². The maximum Gasteiger partial charge on any atom is 0.281 e. The van der Waals surface area contributed by atoms with Crippen LogP contribution in [0.25, 0.3) is 0 Å². The summed E-state index contributed by atoms with van der Waals surface area (Å²) < 4.78 is 0. The molecule has 1 aromatic rings. The predicted molar refractivity (Wildman–Crippen MR) is 87.0 cm³/mol. The minimum absolute atomic E-state index is 0.0728. The van der Waals surface area contributed by atoms with Crippen molar-refractivity contribution >= 4 is 40.3 Å². The minimum atomic E-state index is -0.469. The number of hydrogen-bond donors (Lipinski definition) is 3. The molecule has 0 aliphatic heterocycles. The van der Waals surface area contributed by atoms with E-state index in [1.807, 2.05) is 6.92 Å². The van der Waals surface area contributed by atoms with Gasteiger partial charge >= 0.3 is 0 Å². The molecule has 0 unspecified atom stereocenters. The fourth-order valence-electron chi connectivity index (χ4n) is 1.30. The normalized spacial score (nSPS) is 12.0. The number of aliphatic hydroxyl groups excluding tert-OH is 1. The zero-order valence-corrected chi connectivity index (χ0v) is 12.7. The summed E-state index contributed by atoms with van der Waals surface area (Å²) in [4.78, 5) is 16.7. The van der Waals surface area contributed by atoms with Gasteiger partial charge in [-0.05, 0) is 30.5 Å². The minimum Gasteiger partial charge on any atom is -0.398 e. The van der Waals surface area contributed by atoms with E-state index >= 15 is 0 Å². The van der Waals surface area contributed by atoms with Crippen molar-refractivity contribution in [1.82, 2.24) is 0 Å². The molecule has 0 fully saturated rings. The van der Waals surface area contributed by atoms with E-state index in [9.17, 15) is 4.79 Å². The molecule has 7 heteroatoms. The van der Waals surface area contributed by atoms with Gasteiger partial charge < -0.3 is 16.6 Å². The molecule has 108 valence electrons. The highest BCUT2D eigenvalue weighted by atomic mass is 32.2. The van der Waals surface area contributed by atoms with Crippen LogP contribution >= 0.6 is 23.5 Å². The molecule has 5 nitrogen and oxygen atoms in total. The standard InChI is InChI=1S/C13H17N3O2S2/c1-2-6-20-13(15)16-12(18)10-8-9(19-7-5-17)3-4-11(10)14/h2-4,6,8,17H,5,7,14H2,1H3,(H2,15,16,18)/b6-2+. The first-order chi connectivity index (χ1) is 9.58. The van der Waals surface area contributed by atoms with E-state index < -0.39 is 5.91 Å². The lowest BCUT2D eigenvalue weighted by atomic mass is 10.2. The molecule has 0 aliphatic rings. The number of aliphatic hydroxyl groups is 1. The van der Waals surface area contributed by atoms with Gasteiger partial charge in [0.15, 0.2) is 5.17 Å². The number of nitrogen functional groups attached to an aromatic ring is 1. The second kappa shape index (κ2) is 8.68. The smallest absolute Gasteiger partial charge is 0.281 e. The number of aliphatic imine (C=N–C) groups is 1. The molecular formula is C13H17N3O2S2. The van der Waals surface area contributed by atoms with Crippen LogP contribution in [0, 0.1) is 0 Å². The van der Waals surface area contributed by atoms with E-state index in [4.69, 9.17) is 16.6 Å². The van der Waals surface area contributed by atoms with Gasteiger partial charge in [0.2, 0.25) is 0 Å². The third-order valence-electron chi connectivity index (χ3n) is 2.15. The largest absolute Gasteiger partial charge is 0.398 e. The van der Waals surface area contributed by atoms with Gasteiger partial charge in [-0.25, -0.2) is 0 Å². The highest BCUT2D eigenvalue weighted by Crippen LogP contribution is 2.23. The Hall–Kier alpha value is -1.44. The first-order valence-electron chi connectivity index (χ1n) is 5.88. The van der Waals surface area contributed by atoms with Crippen LogP contribution < -0.4 is 11.5 Å². The van der Waals surface area contributed by atoms with Gasteiger partial charge in [0.05, 0.1) is 12.2 Å². The number of anilines is 1. The summed E-state index contributed by atoms with van der Waals surface area (Å²) in [6.45, 7) is 1.92. The summed E-state index contributed by atoms with van der Waals surface area (Å²) in [6, 6.07) is 5.11. The maximum absolute atomic E-state index is 12.0. The number of hydrogen-bond acceptors (Lipinski definition) is 5. The van der Waals surface area contributed by atoms with Gasteiger partial charge in [-0.1, -0.05) is 17.8 Å². The number of benzene rings is 1. The number of thioether (sulfide) groups is 2. The van der Waals surface area contributed by atoms with Crippen LogP contribution in [0.5, 0.6) is 0 Å². The van der Waals surface area contributed by atoms with Crippen LogP contribution in [0.15, 0.2) is 39.6 Å². The Morgan fingerprint density at radius 2 is 2.25 bits per heavy atom. The monoisotopic (exact) mass is 311 g/mol. The second-order valence-corrected chi connectivity index (χ2v) is 5.76. The van der Waals surface area contributed by atoms with Crippen molar-refractivity contribution in [2.75, 3.05) is 18.1 Å². The number of allylic oxidation sites excluding steroid dienone is 1. The van der Waals surface area contributed by atoms with E-state index in [2.05, 4.69) is 4.99 Å². The highest BCUT2D eigenvalue weighted by Gasteiger charge is 2.10. The Morgan fingerprint density at radius 3 is 2.90 bits per heavy atom. The molecule has 0 bridgehead atoms. The summed E-state index contributed by atoms with van der Waals surface area (Å²) >= 11 is 2.61. The number of rotatable bonds is 5. The molecule has 0 radical (unpaired) electrons. The molecule has 0 spiro atoms. The summed E-state index contributed by atoms with van der Waals surface area (Å²) in [5.74, 6) is 0.0866. The van der Waals surface area contributed by atoms with Crippen molar-refractivity contribution in [2.45, 2.75) is 11.8 Å². The third kappa shape index (κ3) is 5.28. The summed E-state index contributed by atoms with van der Waals surface area (Å²) in [5, 5.41) is 10.7. The quantitative estimate of drug-likeness (QED) is 0.333. The molecule has 0 aliphatic carbocycles. The third-order valence-corrected chi connectivity index (χ3v) is 3.87. The Morgan fingerprint density at radius 1 is 1.50 bits per heavy atom. The van der Waals surface area contributed by atoms with E-state index in [0.29, 0.717) is 17.0 Å². The maximum atomic E-state index is 12.0. The molecular weight excluding hydrogens is 294 g/mol. The SMILES string of the molecule is C/C=C/SC(N)=NC(=O)c1cc(SCCO)ccc1N. The number of nitrogens with two attached hydrogens (primary N) is 2. The lowest BCUT2D eigenvalue weighted by Crippen LogP contribution is -2.10. The topological polar surface area (TPSA) is 102 Å². The van der Waals surface area contributed by atoms with Crippen molar-refractivity contribution in [1.29, 1.82) is 0 Å². The van der Waals surface area contributed by atoms with Crippen LogP contribution in [0.3, 0.4) is 0 Å². The number of amidine groups is 1. The van der Waals surface area contributed by atoms with Crippen LogP contribution in [0.2, 0.25) is 0 Å². The molecule has 1 amide bonds. The fourth-order valence-corrected chi connectivity index (χ4v) is 2.40. The van der Waals surface area contributed by atoms with Crippen molar-refractivity contribution in [3.8, 4) is 0 Å². The van der Waals surface area contributed by atoms with Crippen molar-refractivity contribution in [3.63, 3.8) is 0 Å². The van der Waals surface area contributed by atoms with E-state index in [-0.39, 0.29) is 11.8 Å². The van der Waals surface area contributed by atoms with E-state index in [1.165, 1.54) is 23.5 Å². The fraction of sp³-hybridized carbons (Fsp3) is 0.231. The molecule has 1 aromatic carbocycles.